The predicted octanol–water partition coefficient (Wildman–Crippen LogP) is 0.136. The summed E-state index contributed by atoms with van der Waals surface area (Å²) in [6.07, 6.45) is 1.19. The standard InChI is InChI=1S/C9H23N3/c1-5-9(8-10-2)11-6-7-12(3)4/h9-11H,5-8H2,1-4H3. The Hall–Kier alpha value is -0.120. The highest BCUT2D eigenvalue weighted by molar-refractivity contribution is 4.66. The first-order valence-electron chi connectivity index (χ1n) is 4.73. The minimum atomic E-state index is 0.620. The van der Waals surface area contributed by atoms with E-state index in [1.807, 2.05) is 7.05 Å². The molecule has 0 spiro atoms. The summed E-state index contributed by atoms with van der Waals surface area (Å²) >= 11 is 0. The van der Waals surface area contributed by atoms with Gasteiger partial charge in [0.1, 0.15) is 0 Å². The highest BCUT2D eigenvalue weighted by Gasteiger charge is 2.02. The highest BCUT2D eigenvalue weighted by atomic mass is 15.1. The molecule has 3 nitrogen and oxygen atoms in total. The highest BCUT2D eigenvalue weighted by Crippen LogP contribution is 1.87. The molecule has 0 aromatic carbocycles. The molecule has 12 heavy (non-hydrogen) atoms. The number of nitrogens with one attached hydrogen (secondary N) is 2. The van der Waals surface area contributed by atoms with Crippen LogP contribution in [0.4, 0.5) is 0 Å². The fraction of sp³-hybridized carbons (Fsp3) is 1.00. The van der Waals surface area contributed by atoms with Crippen molar-refractivity contribution in [1.82, 2.24) is 15.5 Å². The third kappa shape index (κ3) is 6.58. The van der Waals surface area contributed by atoms with E-state index in [-0.39, 0.29) is 0 Å². The molecule has 3 heteroatoms. The molecule has 0 aliphatic heterocycles. The Labute approximate surface area is 76.5 Å². The topological polar surface area (TPSA) is 27.3 Å². The molecule has 0 aliphatic rings. The average Bonchev–Trinajstić information content (AvgIpc) is 2.02. The molecule has 0 rings (SSSR count). The Bertz CT molecular complexity index is 93.8. The lowest BCUT2D eigenvalue weighted by Crippen LogP contribution is -2.40. The summed E-state index contributed by atoms with van der Waals surface area (Å²) in [5.74, 6) is 0. The fourth-order valence-electron chi connectivity index (χ4n) is 1.10. The zero-order valence-corrected chi connectivity index (χ0v) is 8.85. The van der Waals surface area contributed by atoms with Crippen molar-refractivity contribution in [3.8, 4) is 0 Å². The second kappa shape index (κ2) is 7.53. The Balaban J connectivity index is 3.31. The SMILES string of the molecule is CCC(CNC)NCCN(C)C. The van der Waals surface area contributed by atoms with Gasteiger partial charge in [-0.1, -0.05) is 6.92 Å². The van der Waals surface area contributed by atoms with Gasteiger partial charge in [-0.25, -0.2) is 0 Å². The third-order valence-corrected chi connectivity index (χ3v) is 1.94. The molecule has 2 N–H and O–H groups in total. The maximum absolute atomic E-state index is 3.50. The molecule has 1 unspecified atom stereocenters. The van der Waals surface area contributed by atoms with Crippen LogP contribution in [-0.2, 0) is 0 Å². The van der Waals surface area contributed by atoms with Crippen molar-refractivity contribution in [2.45, 2.75) is 19.4 Å². The quantitative estimate of drug-likeness (QED) is 0.573. The van der Waals surface area contributed by atoms with Gasteiger partial charge in [-0.15, -0.1) is 0 Å². The van der Waals surface area contributed by atoms with Gasteiger partial charge in [0.25, 0.3) is 0 Å². The summed E-state index contributed by atoms with van der Waals surface area (Å²) in [5, 5.41) is 6.68. The lowest BCUT2D eigenvalue weighted by atomic mass is 10.2. The van der Waals surface area contributed by atoms with E-state index in [9.17, 15) is 0 Å². The Kier molecular flexibility index (Phi) is 7.45. The molecule has 0 saturated carbocycles. The lowest BCUT2D eigenvalue weighted by Gasteiger charge is -2.18. The molecule has 0 aromatic rings. The summed E-state index contributed by atoms with van der Waals surface area (Å²) < 4.78 is 0. The lowest BCUT2D eigenvalue weighted by molar-refractivity contribution is 0.376. The molecule has 74 valence electrons. The largest absolute Gasteiger partial charge is 0.318 e. The smallest absolute Gasteiger partial charge is 0.0190 e. The van der Waals surface area contributed by atoms with Gasteiger partial charge in [-0.05, 0) is 27.6 Å². The van der Waals surface area contributed by atoms with Gasteiger partial charge < -0.3 is 15.5 Å². The molecule has 0 aliphatic carbocycles. The first kappa shape index (κ1) is 11.9. The Morgan fingerprint density at radius 2 is 2.00 bits per heavy atom. The molecule has 1 atom stereocenters. The molecule has 0 amide bonds. The maximum Gasteiger partial charge on any atom is 0.0190 e. The molecule has 0 aromatic heterocycles. The van der Waals surface area contributed by atoms with Crippen LogP contribution < -0.4 is 10.6 Å². The van der Waals surface area contributed by atoms with Crippen molar-refractivity contribution in [2.75, 3.05) is 40.8 Å². The molecule has 0 bridgehead atoms. The van der Waals surface area contributed by atoms with E-state index in [0.29, 0.717) is 6.04 Å². The molecule has 0 fully saturated rings. The van der Waals surface area contributed by atoms with Crippen LogP contribution in [0, 0.1) is 0 Å². The predicted molar refractivity (Wildman–Crippen MR) is 54.6 cm³/mol. The normalized spacial score (nSPS) is 13.8. The maximum atomic E-state index is 3.50. The minimum Gasteiger partial charge on any atom is -0.318 e. The second-order valence-electron chi connectivity index (χ2n) is 3.42. The first-order chi connectivity index (χ1) is 5.70. The van der Waals surface area contributed by atoms with Crippen molar-refractivity contribution >= 4 is 0 Å². The van der Waals surface area contributed by atoms with Crippen LogP contribution in [0.1, 0.15) is 13.3 Å². The van der Waals surface area contributed by atoms with Crippen LogP contribution in [0.3, 0.4) is 0 Å². The van der Waals surface area contributed by atoms with Gasteiger partial charge in [-0.3, -0.25) is 0 Å². The van der Waals surface area contributed by atoms with Gasteiger partial charge in [0, 0.05) is 25.7 Å². The summed E-state index contributed by atoms with van der Waals surface area (Å²) in [6, 6.07) is 0.620. The van der Waals surface area contributed by atoms with Crippen LogP contribution >= 0.6 is 0 Å². The summed E-state index contributed by atoms with van der Waals surface area (Å²) in [5.41, 5.74) is 0. The molecular weight excluding hydrogens is 150 g/mol. The van der Waals surface area contributed by atoms with E-state index >= 15 is 0 Å². The number of hydrogen-bond donors (Lipinski definition) is 2. The van der Waals surface area contributed by atoms with Gasteiger partial charge >= 0.3 is 0 Å². The first-order valence-corrected chi connectivity index (χ1v) is 4.73. The third-order valence-electron chi connectivity index (χ3n) is 1.94. The minimum absolute atomic E-state index is 0.620. The summed E-state index contributed by atoms with van der Waals surface area (Å²) in [7, 11) is 6.19. The Morgan fingerprint density at radius 1 is 1.33 bits per heavy atom. The fourth-order valence-corrected chi connectivity index (χ4v) is 1.10. The van der Waals surface area contributed by atoms with E-state index in [1.54, 1.807) is 0 Å². The molecule has 0 radical (unpaired) electrons. The molecule has 0 saturated heterocycles. The van der Waals surface area contributed by atoms with Crippen molar-refractivity contribution in [2.24, 2.45) is 0 Å². The van der Waals surface area contributed by atoms with Gasteiger partial charge in [-0.2, -0.15) is 0 Å². The van der Waals surface area contributed by atoms with Gasteiger partial charge in [0.2, 0.25) is 0 Å². The summed E-state index contributed by atoms with van der Waals surface area (Å²) in [6.45, 7) is 5.46. The number of nitrogens with zero attached hydrogens (tertiary/aromatic N) is 1. The van der Waals surface area contributed by atoms with E-state index < -0.39 is 0 Å². The monoisotopic (exact) mass is 173 g/mol. The van der Waals surface area contributed by atoms with Crippen LogP contribution in [0.2, 0.25) is 0 Å². The number of likely N-dealkylation sites (N-methyl/N-ethyl adjacent to an activating group) is 2. The van der Waals surface area contributed by atoms with Crippen molar-refractivity contribution in [3.05, 3.63) is 0 Å². The van der Waals surface area contributed by atoms with E-state index in [1.165, 1.54) is 6.42 Å². The van der Waals surface area contributed by atoms with Crippen LogP contribution in [0.15, 0.2) is 0 Å². The van der Waals surface area contributed by atoms with E-state index in [4.69, 9.17) is 0 Å². The Morgan fingerprint density at radius 3 is 2.42 bits per heavy atom. The zero-order chi connectivity index (χ0) is 9.40. The summed E-state index contributed by atoms with van der Waals surface area (Å²) in [4.78, 5) is 2.19. The molecular formula is C9H23N3. The van der Waals surface area contributed by atoms with Crippen LogP contribution in [0.5, 0.6) is 0 Å². The van der Waals surface area contributed by atoms with Gasteiger partial charge in [0.15, 0.2) is 0 Å². The zero-order valence-electron chi connectivity index (χ0n) is 8.85. The van der Waals surface area contributed by atoms with Crippen molar-refractivity contribution in [3.63, 3.8) is 0 Å². The van der Waals surface area contributed by atoms with Crippen LogP contribution in [0.25, 0.3) is 0 Å². The second-order valence-corrected chi connectivity index (χ2v) is 3.42. The van der Waals surface area contributed by atoms with E-state index in [2.05, 4.69) is 36.6 Å². The van der Waals surface area contributed by atoms with E-state index in [0.717, 1.165) is 19.6 Å². The van der Waals surface area contributed by atoms with Crippen LogP contribution in [-0.4, -0.2) is 51.7 Å². The number of hydrogen-bond acceptors (Lipinski definition) is 3. The number of rotatable bonds is 7. The van der Waals surface area contributed by atoms with Gasteiger partial charge in [0.05, 0.1) is 0 Å². The van der Waals surface area contributed by atoms with Crippen molar-refractivity contribution < 1.29 is 0 Å². The van der Waals surface area contributed by atoms with Crippen molar-refractivity contribution in [1.29, 1.82) is 0 Å². The molecule has 0 heterocycles. The average molecular weight is 173 g/mol.